The van der Waals surface area contributed by atoms with Crippen molar-refractivity contribution in [3.05, 3.63) is 65.2 Å². The third-order valence-electron chi connectivity index (χ3n) is 2.79. The minimum absolute atomic E-state index is 0.0555. The zero-order valence-corrected chi connectivity index (χ0v) is 9.98. The molecule has 0 heterocycles. The predicted octanol–water partition coefficient (Wildman–Crippen LogP) is 2.12. The molecule has 0 fully saturated rings. The summed E-state index contributed by atoms with van der Waals surface area (Å²) in [5.74, 6) is -0.679. The van der Waals surface area contributed by atoms with Gasteiger partial charge in [-0.2, -0.15) is 0 Å². The molecule has 0 bridgehead atoms. The van der Waals surface area contributed by atoms with Crippen LogP contribution in [-0.2, 0) is 0 Å². The monoisotopic (exact) mass is 256 g/mol. The number of phenols is 1. The summed E-state index contributed by atoms with van der Waals surface area (Å²) in [6.45, 7) is 0. The molecule has 96 valence electrons. The third kappa shape index (κ3) is 2.69. The van der Waals surface area contributed by atoms with E-state index in [1.807, 2.05) is 0 Å². The minimum atomic E-state index is -1.33. The lowest BCUT2D eigenvalue weighted by Gasteiger charge is -2.11. The van der Waals surface area contributed by atoms with Crippen LogP contribution in [0.3, 0.4) is 0 Å². The summed E-state index contributed by atoms with van der Waals surface area (Å²) in [6.07, 6.45) is -0.852. The molecule has 0 amide bonds. The first-order chi connectivity index (χ1) is 9.13. The van der Waals surface area contributed by atoms with Crippen LogP contribution in [0.15, 0.2) is 48.5 Å². The standard InChI is InChI=1S/C15H12O4/c16-9-11-8-12(17)6-7-13(11)15(19)14(18)10-4-2-1-3-5-10/h1-9,14,17-18H. The van der Waals surface area contributed by atoms with Gasteiger partial charge in [-0.15, -0.1) is 0 Å². The Balaban J connectivity index is 2.37. The molecule has 1 atom stereocenters. The van der Waals surface area contributed by atoms with Gasteiger partial charge in [0.1, 0.15) is 11.9 Å². The predicted molar refractivity (Wildman–Crippen MR) is 69.2 cm³/mol. The highest BCUT2D eigenvalue weighted by molar-refractivity contribution is 6.05. The number of aliphatic hydroxyl groups excluding tert-OH is 1. The second-order valence-electron chi connectivity index (χ2n) is 4.07. The van der Waals surface area contributed by atoms with E-state index in [-0.39, 0.29) is 16.9 Å². The van der Waals surface area contributed by atoms with Crippen molar-refractivity contribution in [3.8, 4) is 5.75 Å². The Bertz CT molecular complexity index is 605. The van der Waals surface area contributed by atoms with Gasteiger partial charge in [-0.3, -0.25) is 9.59 Å². The lowest BCUT2D eigenvalue weighted by atomic mass is 9.96. The second-order valence-corrected chi connectivity index (χ2v) is 4.07. The molecule has 0 saturated heterocycles. The van der Waals surface area contributed by atoms with E-state index in [1.165, 1.54) is 18.2 Å². The molecule has 0 radical (unpaired) electrons. The van der Waals surface area contributed by atoms with Crippen molar-refractivity contribution >= 4 is 12.1 Å². The first-order valence-electron chi connectivity index (χ1n) is 5.69. The number of hydrogen-bond acceptors (Lipinski definition) is 4. The van der Waals surface area contributed by atoms with Gasteiger partial charge in [0.05, 0.1) is 0 Å². The molecule has 2 aromatic rings. The Morgan fingerprint density at radius 3 is 2.42 bits per heavy atom. The minimum Gasteiger partial charge on any atom is -0.508 e. The van der Waals surface area contributed by atoms with Gasteiger partial charge in [-0.05, 0) is 23.8 Å². The first-order valence-corrected chi connectivity index (χ1v) is 5.69. The summed E-state index contributed by atoms with van der Waals surface area (Å²) in [4.78, 5) is 23.0. The Morgan fingerprint density at radius 1 is 1.11 bits per heavy atom. The first kappa shape index (κ1) is 13.0. The van der Waals surface area contributed by atoms with Crippen LogP contribution < -0.4 is 0 Å². The molecule has 0 aliphatic carbocycles. The quantitative estimate of drug-likeness (QED) is 0.649. The fraction of sp³-hybridized carbons (Fsp3) is 0.0667. The van der Waals surface area contributed by atoms with E-state index in [0.717, 1.165) is 0 Å². The van der Waals surface area contributed by atoms with Gasteiger partial charge in [-0.25, -0.2) is 0 Å². The molecular weight excluding hydrogens is 244 g/mol. The van der Waals surface area contributed by atoms with Crippen LogP contribution in [0.4, 0.5) is 0 Å². The number of hydrogen-bond donors (Lipinski definition) is 2. The van der Waals surface area contributed by atoms with Crippen molar-refractivity contribution in [2.75, 3.05) is 0 Å². The smallest absolute Gasteiger partial charge is 0.196 e. The Morgan fingerprint density at radius 2 is 1.79 bits per heavy atom. The summed E-state index contributed by atoms with van der Waals surface area (Å²) in [7, 11) is 0. The summed E-state index contributed by atoms with van der Waals surface area (Å²) in [5.41, 5.74) is 0.599. The molecule has 0 aliphatic rings. The van der Waals surface area contributed by atoms with Crippen LogP contribution >= 0.6 is 0 Å². The summed E-state index contributed by atoms with van der Waals surface area (Å²) >= 11 is 0. The molecular formula is C15H12O4. The van der Waals surface area contributed by atoms with E-state index >= 15 is 0 Å². The van der Waals surface area contributed by atoms with Crippen LogP contribution in [0.1, 0.15) is 32.4 Å². The van der Waals surface area contributed by atoms with Crippen molar-refractivity contribution < 1.29 is 19.8 Å². The van der Waals surface area contributed by atoms with E-state index < -0.39 is 11.9 Å². The zero-order valence-electron chi connectivity index (χ0n) is 9.98. The van der Waals surface area contributed by atoms with Crippen LogP contribution in [0.2, 0.25) is 0 Å². The van der Waals surface area contributed by atoms with Gasteiger partial charge in [0, 0.05) is 11.1 Å². The number of carbonyl (C=O) groups is 2. The Labute approximate surface area is 109 Å². The second kappa shape index (κ2) is 5.46. The number of Topliss-reactive ketones (excluding diaryl/α,β-unsaturated/α-hetero) is 1. The number of phenolic OH excluding ortho intramolecular Hbond substituents is 1. The molecule has 1 unspecified atom stereocenters. The Hall–Kier alpha value is -2.46. The molecule has 4 heteroatoms. The Kier molecular flexibility index (Phi) is 3.73. The van der Waals surface area contributed by atoms with Crippen molar-refractivity contribution in [2.24, 2.45) is 0 Å². The maximum atomic E-state index is 12.1. The summed E-state index contributed by atoms with van der Waals surface area (Å²) in [5, 5.41) is 19.3. The number of aromatic hydroxyl groups is 1. The fourth-order valence-corrected chi connectivity index (χ4v) is 1.81. The molecule has 2 aromatic carbocycles. The van der Waals surface area contributed by atoms with Crippen molar-refractivity contribution in [1.82, 2.24) is 0 Å². The number of aliphatic hydroxyl groups is 1. The molecule has 2 N–H and O–H groups in total. The van der Waals surface area contributed by atoms with Gasteiger partial charge < -0.3 is 10.2 Å². The maximum absolute atomic E-state index is 12.1. The van der Waals surface area contributed by atoms with Crippen LogP contribution in [0.25, 0.3) is 0 Å². The molecule has 0 saturated carbocycles. The third-order valence-corrected chi connectivity index (χ3v) is 2.79. The summed E-state index contributed by atoms with van der Waals surface area (Å²) in [6, 6.07) is 12.3. The maximum Gasteiger partial charge on any atom is 0.196 e. The summed E-state index contributed by atoms with van der Waals surface area (Å²) < 4.78 is 0. The number of benzene rings is 2. The van der Waals surface area contributed by atoms with E-state index in [2.05, 4.69) is 0 Å². The van der Waals surface area contributed by atoms with E-state index in [1.54, 1.807) is 30.3 Å². The average molecular weight is 256 g/mol. The number of ketones is 1. The van der Waals surface area contributed by atoms with Gasteiger partial charge in [0.2, 0.25) is 0 Å². The van der Waals surface area contributed by atoms with Gasteiger partial charge in [0.15, 0.2) is 12.1 Å². The van der Waals surface area contributed by atoms with Crippen LogP contribution in [0, 0.1) is 0 Å². The van der Waals surface area contributed by atoms with Crippen LogP contribution in [-0.4, -0.2) is 22.3 Å². The molecule has 4 nitrogen and oxygen atoms in total. The zero-order chi connectivity index (χ0) is 13.8. The molecule has 2 rings (SSSR count). The molecule has 0 aliphatic heterocycles. The van der Waals surface area contributed by atoms with E-state index in [4.69, 9.17) is 0 Å². The highest BCUT2D eigenvalue weighted by Crippen LogP contribution is 2.22. The number of carbonyl (C=O) groups excluding carboxylic acids is 2. The highest BCUT2D eigenvalue weighted by Gasteiger charge is 2.21. The van der Waals surface area contributed by atoms with E-state index in [0.29, 0.717) is 11.8 Å². The number of rotatable bonds is 4. The normalized spacial score (nSPS) is 11.8. The van der Waals surface area contributed by atoms with Crippen molar-refractivity contribution in [1.29, 1.82) is 0 Å². The lowest BCUT2D eigenvalue weighted by molar-refractivity contribution is 0.0745. The highest BCUT2D eigenvalue weighted by atomic mass is 16.3. The largest absolute Gasteiger partial charge is 0.508 e. The van der Waals surface area contributed by atoms with E-state index in [9.17, 15) is 19.8 Å². The lowest BCUT2D eigenvalue weighted by Crippen LogP contribution is -2.14. The fourth-order valence-electron chi connectivity index (χ4n) is 1.81. The molecule has 0 spiro atoms. The van der Waals surface area contributed by atoms with Gasteiger partial charge in [-0.1, -0.05) is 30.3 Å². The van der Waals surface area contributed by atoms with Crippen molar-refractivity contribution in [2.45, 2.75) is 6.10 Å². The molecule has 0 aromatic heterocycles. The number of aldehydes is 1. The SMILES string of the molecule is O=Cc1cc(O)ccc1C(=O)C(O)c1ccccc1. The average Bonchev–Trinajstić information content (AvgIpc) is 2.46. The van der Waals surface area contributed by atoms with Crippen LogP contribution in [0.5, 0.6) is 5.75 Å². The van der Waals surface area contributed by atoms with Crippen molar-refractivity contribution in [3.63, 3.8) is 0 Å². The van der Waals surface area contributed by atoms with Gasteiger partial charge >= 0.3 is 0 Å². The molecule has 19 heavy (non-hydrogen) atoms. The van der Waals surface area contributed by atoms with Gasteiger partial charge in [0.25, 0.3) is 0 Å². The topological polar surface area (TPSA) is 74.6 Å².